The number of nitrogens with one attached hydrogen (secondary N) is 2. The first-order chi connectivity index (χ1) is 7.92. The molecule has 4 nitrogen and oxygen atoms in total. The van der Waals surface area contributed by atoms with Gasteiger partial charge in [-0.05, 0) is 19.2 Å². The molecule has 0 saturated heterocycles. The van der Waals surface area contributed by atoms with Crippen LogP contribution in [0.5, 0.6) is 0 Å². The second-order valence-electron chi connectivity index (χ2n) is 3.78. The average molecular weight is 218 g/mol. The Morgan fingerprint density at radius 1 is 1.19 bits per heavy atom. The monoisotopic (exact) mass is 218 g/mol. The Kier molecular flexibility index (Phi) is 3.91. The highest BCUT2D eigenvalue weighted by Gasteiger charge is 1.99. The smallest absolute Gasteiger partial charge is 0.0958 e. The molecule has 0 aliphatic heterocycles. The Balaban J connectivity index is 1.89. The number of para-hydroxylation sites is 2. The quantitative estimate of drug-likeness (QED) is 0.706. The molecule has 1 aromatic heterocycles. The van der Waals surface area contributed by atoms with Crippen LogP contribution in [0.3, 0.4) is 0 Å². The molecule has 2 N–H and O–H groups in total. The van der Waals surface area contributed by atoms with E-state index in [1.54, 1.807) is 0 Å². The summed E-state index contributed by atoms with van der Waals surface area (Å²) in [7, 11) is 1.96. The van der Waals surface area contributed by atoms with E-state index in [9.17, 15) is 0 Å². The zero-order valence-corrected chi connectivity index (χ0v) is 9.61. The molecule has 0 bridgehead atoms. The molecular weight excluding hydrogens is 200 g/mol. The highest BCUT2D eigenvalue weighted by molar-refractivity contribution is 5.74. The summed E-state index contributed by atoms with van der Waals surface area (Å²) < 4.78 is 2.18. The number of imidazole rings is 1. The summed E-state index contributed by atoms with van der Waals surface area (Å²) in [6.45, 7) is 3.94. The van der Waals surface area contributed by atoms with Crippen LogP contribution in [-0.2, 0) is 6.54 Å². The average Bonchev–Trinajstić information content (AvgIpc) is 2.73. The SMILES string of the molecule is CNCCNCCn1cnc2ccccc21. The zero-order chi connectivity index (χ0) is 11.2. The van der Waals surface area contributed by atoms with Gasteiger partial charge in [-0.1, -0.05) is 12.1 Å². The summed E-state index contributed by atoms with van der Waals surface area (Å²) in [5.74, 6) is 0. The van der Waals surface area contributed by atoms with Gasteiger partial charge in [-0.15, -0.1) is 0 Å². The van der Waals surface area contributed by atoms with Crippen molar-refractivity contribution in [2.24, 2.45) is 0 Å². The van der Waals surface area contributed by atoms with Gasteiger partial charge in [0.2, 0.25) is 0 Å². The molecule has 0 aliphatic rings. The van der Waals surface area contributed by atoms with Crippen molar-refractivity contribution in [2.45, 2.75) is 6.54 Å². The molecular formula is C12H18N4. The van der Waals surface area contributed by atoms with E-state index < -0.39 is 0 Å². The van der Waals surface area contributed by atoms with Gasteiger partial charge in [0.25, 0.3) is 0 Å². The van der Waals surface area contributed by atoms with E-state index >= 15 is 0 Å². The van der Waals surface area contributed by atoms with E-state index in [1.807, 2.05) is 25.5 Å². The molecule has 0 aliphatic carbocycles. The van der Waals surface area contributed by atoms with Crippen molar-refractivity contribution >= 4 is 11.0 Å². The lowest BCUT2D eigenvalue weighted by molar-refractivity contribution is 0.593. The fourth-order valence-electron chi connectivity index (χ4n) is 1.73. The number of rotatable bonds is 6. The Hall–Kier alpha value is -1.39. The number of fused-ring (bicyclic) bond motifs is 1. The van der Waals surface area contributed by atoms with Crippen molar-refractivity contribution in [1.29, 1.82) is 0 Å². The second kappa shape index (κ2) is 5.63. The molecule has 0 atom stereocenters. The van der Waals surface area contributed by atoms with E-state index in [2.05, 4.69) is 32.3 Å². The van der Waals surface area contributed by atoms with Crippen LogP contribution >= 0.6 is 0 Å². The highest BCUT2D eigenvalue weighted by atomic mass is 15.1. The molecule has 1 aromatic carbocycles. The third kappa shape index (κ3) is 2.59. The van der Waals surface area contributed by atoms with E-state index in [4.69, 9.17) is 0 Å². The van der Waals surface area contributed by atoms with E-state index in [0.717, 1.165) is 31.7 Å². The van der Waals surface area contributed by atoms with Crippen molar-refractivity contribution in [1.82, 2.24) is 20.2 Å². The maximum absolute atomic E-state index is 4.36. The van der Waals surface area contributed by atoms with Crippen LogP contribution in [-0.4, -0.2) is 36.2 Å². The molecule has 1 heterocycles. The maximum atomic E-state index is 4.36. The van der Waals surface area contributed by atoms with Gasteiger partial charge in [0.1, 0.15) is 0 Å². The van der Waals surface area contributed by atoms with Gasteiger partial charge in [0.05, 0.1) is 17.4 Å². The number of likely N-dealkylation sites (N-methyl/N-ethyl adjacent to an activating group) is 1. The summed E-state index contributed by atoms with van der Waals surface area (Å²) in [6, 6.07) is 8.22. The molecule has 0 fully saturated rings. The second-order valence-corrected chi connectivity index (χ2v) is 3.78. The molecule has 2 aromatic rings. The lowest BCUT2D eigenvalue weighted by Gasteiger charge is -2.06. The Morgan fingerprint density at radius 3 is 2.94 bits per heavy atom. The lowest BCUT2D eigenvalue weighted by atomic mass is 10.3. The van der Waals surface area contributed by atoms with E-state index in [-0.39, 0.29) is 0 Å². The van der Waals surface area contributed by atoms with Crippen LogP contribution in [0.2, 0.25) is 0 Å². The highest BCUT2D eigenvalue weighted by Crippen LogP contribution is 2.10. The lowest BCUT2D eigenvalue weighted by Crippen LogP contribution is -2.27. The third-order valence-corrected chi connectivity index (χ3v) is 2.61. The summed E-state index contributed by atoms with van der Waals surface area (Å²) in [6.07, 6.45) is 1.91. The third-order valence-electron chi connectivity index (χ3n) is 2.61. The minimum Gasteiger partial charge on any atom is -0.329 e. The van der Waals surface area contributed by atoms with E-state index in [0.29, 0.717) is 0 Å². The van der Waals surface area contributed by atoms with Crippen molar-refractivity contribution in [2.75, 3.05) is 26.7 Å². The normalized spacial score (nSPS) is 11.1. The largest absolute Gasteiger partial charge is 0.329 e. The van der Waals surface area contributed by atoms with E-state index in [1.165, 1.54) is 5.52 Å². The van der Waals surface area contributed by atoms with Crippen LogP contribution < -0.4 is 10.6 Å². The fraction of sp³-hybridized carbons (Fsp3) is 0.417. The first kappa shape index (κ1) is 11.1. The molecule has 0 amide bonds. The van der Waals surface area contributed by atoms with Gasteiger partial charge >= 0.3 is 0 Å². The Bertz CT molecular complexity index is 435. The van der Waals surface area contributed by atoms with Crippen LogP contribution in [0.4, 0.5) is 0 Å². The molecule has 16 heavy (non-hydrogen) atoms. The maximum Gasteiger partial charge on any atom is 0.0958 e. The molecule has 0 unspecified atom stereocenters. The van der Waals surface area contributed by atoms with Crippen molar-refractivity contribution in [3.63, 3.8) is 0 Å². The van der Waals surface area contributed by atoms with Gasteiger partial charge in [-0.2, -0.15) is 0 Å². The van der Waals surface area contributed by atoms with Crippen molar-refractivity contribution < 1.29 is 0 Å². The van der Waals surface area contributed by atoms with Crippen LogP contribution in [0, 0.1) is 0 Å². The molecule has 0 radical (unpaired) electrons. The number of hydrogen-bond donors (Lipinski definition) is 2. The van der Waals surface area contributed by atoms with Crippen LogP contribution in [0.15, 0.2) is 30.6 Å². The number of nitrogens with zero attached hydrogens (tertiary/aromatic N) is 2. The van der Waals surface area contributed by atoms with Crippen LogP contribution in [0.25, 0.3) is 11.0 Å². The van der Waals surface area contributed by atoms with Gasteiger partial charge in [-0.3, -0.25) is 0 Å². The molecule has 86 valence electrons. The summed E-state index contributed by atoms with van der Waals surface area (Å²) in [5, 5.41) is 6.49. The minimum absolute atomic E-state index is 0.963. The molecule has 4 heteroatoms. The Labute approximate surface area is 95.7 Å². The zero-order valence-electron chi connectivity index (χ0n) is 9.61. The molecule has 0 saturated carbocycles. The number of aromatic nitrogens is 2. The van der Waals surface area contributed by atoms with Gasteiger partial charge in [0.15, 0.2) is 0 Å². The Morgan fingerprint density at radius 2 is 2.06 bits per heavy atom. The van der Waals surface area contributed by atoms with Gasteiger partial charge in [0, 0.05) is 26.2 Å². The topological polar surface area (TPSA) is 41.9 Å². The first-order valence-corrected chi connectivity index (χ1v) is 5.67. The molecule has 0 spiro atoms. The summed E-state index contributed by atoms with van der Waals surface area (Å²) >= 11 is 0. The number of hydrogen-bond acceptors (Lipinski definition) is 3. The van der Waals surface area contributed by atoms with Crippen molar-refractivity contribution in [3.05, 3.63) is 30.6 Å². The first-order valence-electron chi connectivity index (χ1n) is 5.67. The number of benzene rings is 1. The minimum atomic E-state index is 0.963. The summed E-state index contributed by atoms with van der Waals surface area (Å²) in [4.78, 5) is 4.36. The molecule has 2 rings (SSSR count). The predicted octanol–water partition coefficient (Wildman–Crippen LogP) is 0.845. The standard InChI is InChI=1S/C12H18N4/c1-13-6-7-14-8-9-16-10-15-11-4-2-3-5-12(11)16/h2-5,10,13-14H,6-9H2,1H3. The fourth-order valence-corrected chi connectivity index (χ4v) is 1.73. The summed E-state index contributed by atoms with van der Waals surface area (Å²) in [5.41, 5.74) is 2.27. The van der Waals surface area contributed by atoms with Gasteiger partial charge in [-0.25, -0.2) is 4.98 Å². The van der Waals surface area contributed by atoms with Crippen LogP contribution in [0.1, 0.15) is 0 Å². The van der Waals surface area contributed by atoms with Crippen molar-refractivity contribution in [3.8, 4) is 0 Å². The van der Waals surface area contributed by atoms with Gasteiger partial charge < -0.3 is 15.2 Å². The predicted molar refractivity (Wildman–Crippen MR) is 66.5 cm³/mol.